The molecule has 0 aliphatic rings. The molecule has 36 heavy (non-hydrogen) atoms. The zero-order valence-corrected chi connectivity index (χ0v) is 21.9. The lowest BCUT2D eigenvalue weighted by molar-refractivity contribution is 0.438. The van der Waals surface area contributed by atoms with E-state index in [2.05, 4.69) is 10.3 Å². The fourth-order valence-electron chi connectivity index (χ4n) is 2.99. The van der Waals surface area contributed by atoms with Gasteiger partial charge in [-0.2, -0.15) is 17.0 Å². The largest absolute Gasteiger partial charge is 0.453 e. The number of pyridine rings is 1. The molecule has 0 spiro atoms. The van der Waals surface area contributed by atoms with E-state index in [0.717, 1.165) is 5.75 Å². The van der Waals surface area contributed by atoms with Gasteiger partial charge in [0, 0.05) is 29.1 Å². The number of halogens is 4. The summed E-state index contributed by atoms with van der Waals surface area (Å²) in [6, 6.07) is 10.5. The first kappa shape index (κ1) is 27.6. The van der Waals surface area contributed by atoms with E-state index in [1.165, 1.54) is 36.5 Å². The minimum atomic E-state index is -0.817. The Morgan fingerprint density at radius 2 is 1.94 bits per heavy atom. The standard InChI is InChI=1S/C24H19Cl3FN5O2S/c1-36-5-4-32-21-10-17(19(27)12-33-21)24(31)35-20(30)8-14-2-3-18(26)23(22(14)28)34-16-7-13(11-29)6-15(25)9-16/h2-3,6-7,9-10,12,30-31H,4-5,8H2,1H3,(H,32,33). The fraction of sp³-hybridized carbons (Fsp3) is 0.167. The number of nitriles is 1. The van der Waals surface area contributed by atoms with Crippen LogP contribution in [0.5, 0.6) is 11.5 Å². The molecule has 7 nitrogen and oxygen atoms in total. The van der Waals surface area contributed by atoms with Gasteiger partial charge in [0.05, 0.1) is 33.7 Å². The van der Waals surface area contributed by atoms with Crippen molar-refractivity contribution < 1.29 is 13.9 Å². The molecule has 186 valence electrons. The molecule has 0 unspecified atom stereocenters. The Kier molecular flexibility index (Phi) is 9.79. The Bertz CT molecular complexity index is 1350. The van der Waals surface area contributed by atoms with E-state index in [1.807, 2.05) is 12.3 Å². The first-order valence-electron chi connectivity index (χ1n) is 10.3. The quantitative estimate of drug-likeness (QED) is 0.144. The number of rotatable bonds is 9. The monoisotopic (exact) mass is 565 g/mol. The van der Waals surface area contributed by atoms with E-state index >= 15 is 4.39 Å². The van der Waals surface area contributed by atoms with Gasteiger partial charge in [0.15, 0.2) is 17.5 Å². The summed E-state index contributed by atoms with van der Waals surface area (Å²) in [5.41, 5.74) is 0.518. The molecule has 3 rings (SSSR count). The minimum Gasteiger partial charge on any atom is -0.453 e. The summed E-state index contributed by atoms with van der Waals surface area (Å²) in [7, 11) is 0. The van der Waals surface area contributed by atoms with Gasteiger partial charge in [-0.25, -0.2) is 9.37 Å². The Morgan fingerprint density at radius 3 is 2.67 bits per heavy atom. The van der Waals surface area contributed by atoms with Crippen LogP contribution in [0.25, 0.3) is 0 Å². The van der Waals surface area contributed by atoms with Gasteiger partial charge in [0.1, 0.15) is 11.6 Å². The predicted molar refractivity (Wildman–Crippen MR) is 143 cm³/mol. The van der Waals surface area contributed by atoms with Crippen molar-refractivity contribution in [1.82, 2.24) is 4.98 Å². The molecule has 0 aliphatic heterocycles. The number of thioether (sulfide) groups is 1. The summed E-state index contributed by atoms with van der Waals surface area (Å²) in [6.07, 6.45) is 3.08. The summed E-state index contributed by atoms with van der Waals surface area (Å²) < 4.78 is 26.1. The highest BCUT2D eigenvalue weighted by Gasteiger charge is 2.19. The summed E-state index contributed by atoms with van der Waals surface area (Å²) in [4.78, 5) is 4.16. The number of nitrogens with zero attached hydrogens (tertiary/aromatic N) is 2. The molecule has 3 N–H and O–H groups in total. The van der Waals surface area contributed by atoms with Gasteiger partial charge >= 0.3 is 0 Å². The number of aromatic nitrogens is 1. The molecule has 1 heterocycles. The Hall–Kier alpha value is -3.03. The first-order valence-corrected chi connectivity index (χ1v) is 12.8. The normalized spacial score (nSPS) is 10.4. The molecule has 0 bridgehead atoms. The van der Waals surface area contributed by atoms with Crippen molar-refractivity contribution in [2.45, 2.75) is 6.42 Å². The van der Waals surface area contributed by atoms with E-state index < -0.39 is 11.7 Å². The Balaban J connectivity index is 1.74. The second kappa shape index (κ2) is 12.8. The third kappa shape index (κ3) is 7.24. The van der Waals surface area contributed by atoms with Crippen LogP contribution in [0.3, 0.4) is 0 Å². The number of hydrogen-bond donors (Lipinski definition) is 3. The van der Waals surface area contributed by atoms with Crippen molar-refractivity contribution in [1.29, 1.82) is 16.1 Å². The molecule has 0 saturated carbocycles. The average Bonchev–Trinajstić information content (AvgIpc) is 2.84. The van der Waals surface area contributed by atoms with E-state index in [0.29, 0.717) is 12.4 Å². The number of ether oxygens (including phenoxy) is 2. The molecule has 3 aromatic rings. The van der Waals surface area contributed by atoms with Crippen molar-refractivity contribution in [2.75, 3.05) is 23.9 Å². The lowest BCUT2D eigenvalue weighted by atomic mass is 10.1. The molecule has 0 saturated heterocycles. The van der Waals surface area contributed by atoms with Crippen molar-refractivity contribution in [3.05, 3.63) is 80.2 Å². The van der Waals surface area contributed by atoms with Gasteiger partial charge in [0.25, 0.3) is 0 Å². The van der Waals surface area contributed by atoms with Gasteiger partial charge in [-0.05, 0) is 36.6 Å². The zero-order valence-electron chi connectivity index (χ0n) is 18.8. The maximum Gasteiger partial charge on any atom is 0.222 e. The maximum absolute atomic E-state index is 15.2. The van der Waals surface area contributed by atoms with Crippen molar-refractivity contribution in [3.8, 4) is 17.6 Å². The molecular weight excluding hydrogens is 548 g/mol. The fourth-order valence-corrected chi connectivity index (χ4v) is 3.89. The van der Waals surface area contributed by atoms with Crippen LogP contribution in [0.15, 0.2) is 42.6 Å². The molecule has 1 aromatic heterocycles. The van der Waals surface area contributed by atoms with Gasteiger partial charge in [-0.1, -0.05) is 40.9 Å². The number of benzene rings is 2. The zero-order chi connectivity index (χ0) is 26.2. The first-order chi connectivity index (χ1) is 17.2. The van der Waals surface area contributed by atoms with Gasteiger partial charge in [-0.15, -0.1) is 0 Å². The summed E-state index contributed by atoms with van der Waals surface area (Å²) in [5.74, 6) is -0.383. The highest BCUT2D eigenvalue weighted by molar-refractivity contribution is 7.98. The molecular formula is C24H19Cl3FN5O2S. The van der Waals surface area contributed by atoms with Crippen LogP contribution in [0.2, 0.25) is 15.1 Å². The topological polar surface area (TPSA) is 115 Å². The van der Waals surface area contributed by atoms with Crippen LogP contribution in [-0.4, -0.2) is 35.3 Å². The molecule has 0 radical (unpaired) electrons. The highest BCUT2D eigenvalue weighted by Crippen LogP contribution is 2.35. The SMILES string of the molecule is CSCCNc1cc(C(=N)OC(=N)Cc2ccc(Cl)c(Oc3cc(Cl)cc(C#N)c3)c2F)c(Cl)cn1. The van der Waals surface area contributed by atoms with Crippen molar-refractivity contribution in [3.63, 3.8) is 0 Å². The van der Waals surface area contributed by atoms with E-state index in [9.17, 15) is 0 Å². The third-order valence-corrected chi connectivity index (χ3v) is 6.07. The number of anilines is 1. The third-order valence-electron chi connectivity index (χ3n) is 4.64. The molecule has 0 atom stereocenters. The molecule has 0 aliphatic carbocycles. The van der Waals surface area contributed by atoms with E-state index in [4.69, 9.17) is 60.4 Å². The van der Waals surface area contributed by atoms with E-state index in [1.54, 1.807) is 17.8 Å². The summed E-state index contributed by atoms with van der Waals surface area (Å²) >= 11 is 20.0. The van der Waals surface area contributed by atoms with Crippen LogP contribution >= 0.6 is 46.6 Å². The second-order valence-corrected chi connectivity index (χ2v) is 9.48. The minimum absolute atomic E-state index is 0.0139. The van der Waals surface area contributed by atoms with Gasteiger partial charge in [-0.3, -0.25) is 10.8 Å². The van der Waals surface area contributed by atoms with Crippen molar-refractivity contribution >= 4 is 64.2 Å². The predicted octanol–water partition coefficient (Wildman–Crippen LogP) is 7.18. The van der Waals surface area contributed by atoms with Crippen LogP contribution in [0.4, 0.5) is 10.2 Å². The van der Waals surface area contributed by atoms with E-state index in [-0.39, 0.29) is 55.6 Å². The maximum atomic E-state index is 15.2. The lowest BCUT2D eigenvalue weighted by Crippen LogP contribution is -2.16. The molecule has 12 heteroatoms. The lowest BCUT2D eigenvalue weighted by Gasteiger charge is -2.14. The van der Waals surface area contributed by atoms with Gasteiger partial charge < -0.3 is 14.8 Å². The number of nitrogens with one attached hydrogen (secondary N) is 3. The average molecular weight is 567 g/mol. The van der Waals surface area contributed by atoms with Gasteiger partial charge in [0.2, 0.25) is 5.90 Å². The smallest absolute Gasteiger partial charge is 0.222 e. The second-order valence-electron chi connectivity index (χ2n) is 7.24. The van der Waals surface area contributed by atoms with Crippen LogP contribution in [0, 0.1) is 28.0 Å². The Labute approximate surface area is 226 Å². The number of hydrogen-bond acceptors (Lipinski definition) is 8. The molecule has 0 amide bonds. The molecule has 2 aromatic carbocycles. The summed E-state index contributed by atoms with van der Waals surface area (Å²) in [5, 5.41) is 29.0. The Morgan fingerprint density at radius 1 is 1.17 bits per heavy atom. The van der Waals surface area contributed by atoms with Crippen LogP contribution in [-0.2, 0) is 11.2 Å². The highest BCUT2D eigenvalue weighted by atomic mass is 35.5. The van der Waals surface area contributed by atoms with Crippen LogP contribution < -0.4 is 10.1 Å². The molecule has 0 fully saturated rings. The van der Waals surface area contributed by atoms with Crippen molar-refractivity contribution in [2.24, 2.45) is 0 Å². The van der Waals surface area contributed by atoms with Crippen LogP contribution in [0.1, 0.15) is 16.7 Å². The summed E-state index contributed by atoms with van der Waals surface area (Å²) in [6.45, 7) is 0.673.